The van der Waals surface area contributed by atoms with Crippen molar-refractivity contribution in [1.29, 1.82) is 0 Å². The van der Waals surface area contributed by atoms with Gasteiger partial charge in [-0.05, 0) is 11.6 Å². The third-order valence-corrected chi connectivity index (χ3v) is 3.31. The molecule has 0 aliphatic carbocycles. The highest BCUT2D eigenvalue weighted by atomic mass is 16.5. The fourth-order valence-corrected chi connectivity index (χ4v) is 2.52. The number of hydrogen-bond donors (Lipinski definition) is 2. The van der Waals surface area contributed by atoms with Crippen LogP contribution in [0.1, 0.15) is 15.9 Å². The zero-order valence-electron chi connectivity index (χ0n) is 10.6. The SMILES string of the molecule is COCc1ccc2c([nH]c3ccccc32)c1C(N)=O. The summed E-state index contributed by atoms with van der Waals surface area (Å²) in [4.78, 5) is 15.0. The number of nitrogens with one attached hydrogen (secondary N) is 1. The number of primary amides is 1. The maximum absolute atomic E-state index is 11.7. The molecule has 0 spiro atoms. The molecule has 0 saturated heterocycles. The molecule has 0 radical (unpaired) electrons. The van der Waals surface area contributed by atoms with E-state index >= 15 is 0 Å². The highest BCUT2D eigenvalue weighted by molar-refractivity contribution is 6.15. The summed E-state index contributed by atoms with van der Waals surface area (Å²) in [6, 6.07) is 11.8. The van der Waals surface area contributed by atoms with Gasteiger partial charge in [0.1, 0.15) is 0 Å². The summed E-state index contributed by atoms with van der Waals surface area (Å²) in [7, 11) is 1.60. The number of para-hydroxylation sites is 1. The van der Waals surface area contributed by atoms with E-state index in [1.807, 2.05) is 36.4 Å². The Kier molecular flexibility index (Phi) is 2.72. The number of aromatic nitrogens is 1. The number of carbonyl (C=O) groups is 1. The van der Waals surface area contributed by atoms with Crippen molar-refractivity contribution < 1.29 is 9.53 Å². The molecule has 1 heterocycles. The molecule has 3 N–H and O–H groups in total. The number of H-pyrrole nitrogens is 1. The van der Waals surface area contributed by atoms with E-state index in [0.717, 1.165) is 27.4 Å². The summed E-state index contributed by atoms with van der Waals surface area (Å²) in [6.45, 7) is 0.365. The van der Waals surface area contributed by atoms with Crippen molar-refractivity contribution >= 4 is 27.7 Å². The van der Waals surface area contributed by atoms with Crippen LogP contribution in [0.25, 0.3) is 21.8 Å². The van der Waals surface area contributed by atoms with Crippen LogP contribution in [-0.2, 0) is 11.3 Å². The Labute approximate surface area is 110 Å². The second-order valence-corrected chi connectivity index (χ2v) is 4.49. The average molecular weight is 254 g/mol. The van der Waals surface area contributed by atoms with Gasteiger partial charge in [-0.3, -0.25) is 4.79 Å². The van der Waals surface area contributed by atoms with E-state index < -0.39 is 5.91 Å². The molecule has 1 amide bonds. The number of benzene rings is 2. The number of fused-ring (bicyclic) bond motifs is 3. The maximum Gasteiger partial charge on any atom is 0.251 e. The molecule has 0 bridgehead atoms. The summed E-state index contributed by atoms with van der Waals surface area (Å²) in [5.41, 5.74) is 8.60. The molecule has 19 heavy (non-hydrogen) atoms. The van der Waals surface area contributed by atoms with E-state index in [9.17, 15) is 4.79 Å². The number of aromatic amines is 1. The van der Waals surface area contributed by atoms with Crippen LogP contribution in [0, 0.1) is 0 Å². The molecule has 1 aromatic heterocycles. The first kappa shape index (κ1) is 11.7. The molecule has 0 unspecified atom stereocenters. The van der Waals surface area contributed by atoms with Gasteiger partial charge in [0, 0.05) is 23.4 Å². The summed E-state index contributed by atoms with van der Waals surface area (Å²) in [6.07, 6.45) is 0. The van der Waals surface area contributed by atoms with Gasteiger partial charge in [0.15, 0.2) is 0 Å². The minimum atomic E-state index is -0.441. The van der Waals surface area contributed by atoms with Gasteiger partial charge in [-0.25, -0.2) is 0 Å². The normalized spacial score (nSPS) is 11.2. The smallest absolute Gasteiger partial charge is 0.251 e. The number of nitrogens with two attached hydrogens (primary N) is 1. The van der Waals surface area contributed by atoms with E-state index in [0.29, 0.717) is 12.2 Å². The lowest BCUT2D eigenvalue weighted by molar-refractivity contribution is 0.0997. The molecule has 0 aliphatic heterocycles. The fourth-order valence-electron chi connectivity index (χ4n) is 2.52. The maximum atomic E-state index is 11.7. The van der Waals surface area contributed by atoms with Gasteiger partial charge in [0.2, 0.25) is 0 Å². The van der Waals surface area contributed by atoms with Gasteiger partial charge in [-0.1, -0.05) is 30.3 Å². The van der Waals surface area contributed by atoms with Crippen LogP contribution in [0.5, 0.6) is 0 Å². The molecule has 0 aliphatic rings. The van der Waals surface area contributed by atoms with Crippen LogP contribution < -0.4 is 5.73 Å². The first-order chi connectivity index (χ1) is 9.22. The highest BCUT2D eigenvalue weighted by Gasteiger charge is 2.15. The van der Waals surface area contributed by atoms with Crippen molar-refractivity contribution in [2.45, 2.75) is 6.61 Å². The predicted octanol–water partition coefficient (Wildman–Crippen LogP) is 2.57. The first-order valence-corrected chi connectivity index (χ1v) is 6.03. The molecule has 2 aromatic carbocycles. The number of carbonyl (C=O) groups excluding carboxylic acids is 1. The Morgan fingerprint density at radius 2 is 2.00 bits per heavy atom. The number of amides is 1. The molecular formula is C15H14N2O2. The quantitative estimate of drug-likeness (QED) is 0.754. The van der Waals surface area contributed by atoms with Gasteiger partial charge in [-0.15, -0.1) is 0 Å². The topological polar surface area (TPSA) is 68.1 Å². The first-order valence-electron chi connectivity index (χ1n) is 6.03. The molecule has 3 rings (SSSR count). The zero-order valence-corrected chi connectivity index (χ0v) is 10.6. The molecule has 0 fully saturated rings. The van der Waals surface area contributed by atoms with Crippen LogP contribution in [0.15, 0.2) is 36.4 Å². The lowest BCUT2D eigenvalue weighted by atomic mass is 10.0. The van der Waals surface area contributed by atoms with Gasteiger partial charge < -0.3 is 15.5 Å². The minimum absolute atomic E-state index is 0.365. The van der Waals surface area contributed by atoms with Crippen LogP contribution in [0.2, 0.25) is 0 Å². The molecule has 0 atom stereocenters. The number of ether oxygens (including phenoxy) is 1. The van der Waals surface area contributed by atoms with Crippen molar-refractivity contribution in [3.8, 4) is 0 Å². The second kappa shape index (κ2) is 4.40. The Balaban J connectivity index is 2.42. The summed E-state index contributed by atoms with van der Waals surface area (Å²) in [5, 5.41) is 2.09. The van der Waals surface area contributed by atoms with Crippen LogP contribution in [0.4, 0.5) is 0 Å². The van der Waals surface area contributed by atoms with Crippen molar-refractivity contribution in [3.63, 3.8) is 0 Å². The molecular weight excluding hydrogens is 240 g/mol. The predicted molar refractivity (Wildman–Crippen MR) is 75.0 cm³/mol. The highest BCUT2D eigenvalue weighted by Crippen LogP contribution is 2.29. The summed E-state index contributed by atoms with van der Waals surface area (Å²) < 4.78 is 5.12. The Hall–Kier alpha value is -2.33. The Morgan fingerprint density at radius 3 is 2.74 bits per heavy atom. The van der Waals surface area contributed by atoms with Gasteiger partial charge >= 0.3 is 0 Å². The lowest BCUT2D eigenvalue weighted by Crippen LogP contribution is -2.14. The second-order valence-electron chi connectivity index (χ2n) is 4.49. The monoisotopic (exact) mass is 254 g/mol. The largest absolute Gasteiger partial charge is 0.380 e. The van der Waals surface area contributed by atoms with Gasteiger partial charge in [-0.2, -0.15) is 0 Å². The van der Waals surface area contributed by atoms with Gasteiger partial charge in [0.05, 0.1) is 17.7 Å². The van der Waals surface area contributed by atoms with E-state index in [-0.39, 0.29) is 0 Å². The lowest BCUT2D eigenvalue weighted by Gasteiger charge is -2.07. The van der Waals surface area contributed by atoms with Crippen LogP contribution in [0.3, 0.4) is 0 Å². The molecule has 4 nitrogen and oxygen atoms in total. The Bertz CT molecular complexity index is 774. The fraction of sp³-hybridized carbons (Fsp3) is 0.133. The number of rotatable bonds is 3. The van der Waals surface area contributed by atoms with E-state index in [2.05, 4.69) is 4.98 Å². The molecule has 3 aromatic rings. The van der Waals surface area contributed by atoms with Crippen molar-refractivity contribution in [2.24, 2.45) is 5.73 Å². The third-order valence-electron chi connectivity index (χ3n) is 3.31. The van der Waals surface area contributed by atoms with Crippen molar-refractivity contribution in [1.82, 2.24) is 4.98 Å². The molecule has 4 heteroatoms. The minimum Gasteiger partial charge on any atom is -0.380 e. The van der Waals surface area contributed by atoms with E-state index in [1.165, 1.54) is 0 Å². The molecule has 96 valence electrons. The Morgan fingerprint density at radius 1 is 1.21 bits per heavy atom. The number of methoxy groups -OCH3 is 1. The third kappa shape index (κ3) is 1.77. The summed E-state index contributed by atoms with van der Waals surface area (Å²) in [5.74, 6) is -0.441. The van der Waals surface area contributed by atoms with Crippen LogP contribution >= 0.6 is 0 Å². The number of hydrogen-bond acceptors (Lipinski definition) is 2. The zero-order chi connectivity index (χ0) is 13.4. The van der Waals surface area contributed by atoms with Gasteiger partial charge in [0.25, 0.3) is 5.91 Å². The van der Waals surface area contributed by atoms with Crippen molar-refractivity contribution in [3.05, 3.63) is 47.5 Å². The van der Waals surface area contributed by atoms with E-state index in [4.69, 9.17) is 10.5 Å². The molecule has 0 saturated carbocycles. The summed E-state index contributed by atoms with van der Waals surface area (Å²) >= 11 is 0. The standard InChI is InChI=1S/C15H14N2O2/c1-19-8-9-6-7-11-10-4-2-3-5-12(10)17-14(11)13(9)15(16)18/h2-7,17H,8H2,1H3,(H2,16,18). The van der Waals surface area contributed by atoms with Crippen LogP contribution in [-0.4, -0.2) is 18.0 Å². The van der Waals surface area contributed by atoms with Crippen molar-refractivity contribution in [2.75, 3.05) is 7.11 Å². The average Bonchev–Trinajstić information content (AvgIpc) is 2.76. The van der Waals surface area contributed by atoms with E-state index in [1.54, 1.807) is 7.11 Å².